The monoisotopic (exact) mass is 414 g/mol. The Balaban J connectivity index is 1.87. The minimum Gasteiger partial charge on any atom is -0.493 e. The number of ketones is 1. The Morgan fingerprint density at radius 3 is 2.52 bits per heavy atom. The van der Waals surface area contributed by atoms with Gasteiger partial charge >= 0.3 is 6.36 Å². The van der Waals surface area contributed by atoms with Gasteiger partial charge in [-0.25, -0.2) is 9.37 Å². The Bertz CT molecular complexity index is 900. The summed E-state index contributed by atoms with van der Waals surface area (Å²) >= 11 is 0. The summed E-state index contributed by atoms with van der Waals surface area (Å²) in [7, 11) is 0. The van der Waals surface area contributed by atoms with Crippen LogP contribution in [0, 0.1) is 12.7 Å². The van der Waals surface area contributed by atoms with Crippen molar-refractivity contribution in [2.75, 3.05) is 11.9 Å². The molecule has 0 radical (unpaired) electrons. The molecule has 0 aliphatic carbocycles. The number of nitrogens with one attached hydrogen (secondary N) is 1. The number of Topliss-reactive ketones (excluding diaryl/α,β-unsaturated/α-hetero) is 1. The van der Waals surface area contributed by atoms with E-state index in [0.29, 0.717) is 11.3 Å². The van der Waals surface area contributed by atoms with Crippen LogP contribution < -0.4 is 14.8 Å². The highest BCUT2D eigenvalue weighted by Gasteiger charge is 2.32. The van der Waals surface area contributed by atoms with Crippen LogP contribution in [0.4, 0.5) is 23.4 Å². The predicted molar refractivity (Wildman–Crippen MR) is 95.4 cm³/mol. The van der Waals surface area contributed by atoms with E-state index in [-0.39, 0.29) is 42.7 Å². The van der Waals surface area contributed by atoms with Crippen molar-refractivity contribution in [2.45, 2.75) is 33.1 Å². The molecular formula is C19H18F4N2O4. The molecule has 1 aromatic heterocycles. The standard InChI is InChI=1S/C19H18F4N2O4/c1-11-8-13(9-18(24-11)25-12(2)26)16(27)4-3-7-28-14-5-6-17(15(20)10-14)29-19(21,22)23/h5-6,8-10H,3-4,7H2,1-2H3,(H,24,25,26). The van der Waals surface area contributed by atoms with Crippen molar-refractivity contribution >= 4 is 17.5 Å². The Hall–Kier alpha value is -3.17. The number of aromatic nitrogens is 1. The molecule has 29 heavy (non-hydrogen) atoms. The molecule has 2 aromatic rings. The fourth-order valence-corrected chi connectivity index (χ4v) is 2.42. The van der Waals surface area contributed by atoms with Gasteiger partial charge in [0, 0.05) is 30.7 Å². The molecule has 0 aliphatic heterocycles. The smallest absolute Gasteiger partial charge is 0.493 e. The first-order chi connectivity index (χ1) is 13.5. The number of ether oxygens (including phenoxy) is 2. The van der Waals surface area contributed by atoms with Gasteiger partial charge in [-0.3, -0.25) is 9.59 Å². The van der Waals surface area contributed by atoms with Gasteiger partial charge in [-0.1, -0.05) is 0 Å². The molecule has 1 N–H and O–H groups in total. The summed E-state index contributed by atoms with van der Waals surface area (Å²) in [4.78, 5) is 27.5. The zero-order valence-corrected chi connectivity index (χ0v) is 15.6. The van der Waals surface area contributed by atoms with E-state index in [0.717, 1.165) is 18.2 Å². The topological polar surface area (TPSA) is 77.5 Å². The van der Waals surface area contributed by atoms with Crippen molar-refractivity contribution < 1.29 is 36.6 Å². The van der Waals surface area contributed by atoms with Gasteiger partial charge in [0.15, 0.2) is 17.3 Å². The number of benzene rings is 1. The van der Waals surface area contributed by atoms with Crippen molar-refractivity contribution in [1.82, 2.24) is 4.98 Å². The summed E-state index contributed by atoms with van der Waals surface area (Å²) in [6, 6.07) is 5.77. The number of aryl methyl sites for hydroxylation is 1. The van der Waals surface area contributed by atoms with Crippen LogP contribution in [-0.2, 0) is 4.79 Å². The molecule has 0 spiro atoms. The van der Waals surface area contributed by atoms with Crippen LogP contribution >= 0.6 is 0 Å². The van der Waals surface area contributed by atoms with Crippen LogP contribution in [-0.4, -0.2) is 29.6 Å². The molecule has 0 atom stereocenters. The number of amides is 1. The molecule has 1 heterocycles. The van der Waals surface area contributed by atoms with Gasteiger partial charge in [-0.2, -0.15) is 0 Å². The van der Waals surface area contributed by atoms with E-state index in [1.54, 1.807) is 13.0 Å². The maximum atomic E-state index is 13.6. The third-order valence-electron chi connectivity index (χ3n) is 3.53. The number of carbonyl (C=O) groups excluding carboxylic acids is 2. The lowest BCUT2D eigenvalue weighted by Gasteiger charge is -2.11. The number of nitrogens with zero attached hydrogens (tertiary/aromatic N) is 1. The van der Waals surface area contributed by atoms with Crippen molar-refractivity contribution in [3.8, 4) is 11.5 Å². The maximum Gasteiger partial charge on any atom is 0.573 e. The summed E-state index contributed by atoms with van der Waals surface area (Å²) in [5.41, 5.74) is 0.938. The maximum absolute atomic E-state index is 13.6. The lowest BCUT2D eigenvalue weighted by molar-refractivity contribution is -0.275. The number of pyridine rings is 1. The molecule has 6 nitrogen and oxygen atoms in total. The van der Waals surface area contributed by atoms with Crippen LogP contribution in [0.15, 0.2) is 30.3 Å². The molecular weight excluding hydrogens is 396 g/mol. The van der Waals surface area contributed by atoms with Crippen molar-refractivity contribution in [3.63, 3.8) is 0 Å². The molecule has 0 fully saturated rings. The fraction of sp³-hybridized carbons (Fsp3) is 0.316. The average Bonchev–Trinajstić information content (AvgIpc) is 2.58. The third kappa shape index (κ3) is 7.40. The van der Waals surface area contributed by atoms with Crippen LogP contribution in [0.2, 0.25) is 0 Å². The van der Waals surface area contributed by atoms with Gasteiger partial charge in [0.2, 0.25) is 5.91 Å². The predicted octanol–water partition coefficient (Wildman–Crippen LogP) is 4.43. The van der Waals surface area contributed by atoms with Crippen LogP contribution in [0.3, 0.4) is 0 Å². The Morgan fingerprint density at radius 2 is 1.90 bits per heavy atom. The van der Waals surface area contributed by atoms with Gasteiger partial charge < -0.3 is 14.8 Å². The quantitative estimate of drug-likeness (QED) is 0.393. The number of rotatable bonds is 8. The summed E-state index contributed by atoms with van der Waals surface area (Å²) in [6.07, 6.45) is -4.59. The minimum atomic E-state index is -4.99. The molecule has 1 aromatic carbocycles. The van der Waals surface area contributed by atoms with E-state index in [9.17, 15) is 27.2 Å². The van der Waals surface area contributed by atoms with Gasteiger partial charge in [-0.05, 0) is 37.6 Å². The molecule has 10 heteroatoms. The minimum absolute atomic E-state index is 0.0113. The lowest BCUT2D eigenvalue weighted by atomic mass is 10.1. The van der Waals surface area contributed by atoms with E-state index >= 15 is 0 Å². The van der Waals surface area contributed by atoms with E-state index in [4.69, 9.17) is 4.74 Å². The first-order valence-electron chi connectivity index (χ1n) is 8.51. The second-order valence-electron chi connectivity index (χ2n) is 6.08. The average molecular weight is 414 g/mol. The Labute approximate surface area is 163 Å². The van der Waals surface area contributed by atoms with Crippen molar-refractivity contribution in [2.24, 2.45) is 0 Å². The zero-order chi connectivity index (χ0) is 21.6. The Kier molecular flexibility index (Phi) is 7.13. The van der Waals surface area contributed by atoms with Gasteiger partial charge in [0.1, 0.15) is 11.6 Å². The normalized spacial score (nSPS) is 11.1. The third-order valence-corrected chi connectivity index (χ3v) is 3.53. The number of hydrogen-bond acceptors (Lipinski definition) is 5. The van der Waals surface area contributed by atoms with E-state index in [1.165, 1.54) is 13.0 Å². The summed E-state index contributed by atoms with van der Waals surface area (Å²) in [5, 5.41) is 2.51. The molecule has 1 amide bonds. The van der Waals surface area contributed by atoms with Gasteiger partial charge in [0.05, 0.1) is 6.61 Å². The molecule has 2 rings (SSSR count). The molecule has 0 aliphatic rings. The highest BCUT2D eigenvalue weighted by Crippen LogP contribution is 2.28. The first-order valence-corrected chi connectivity index (χ1v) is 8.51. The molecule has 0 saturated carbocycles. The molecule has 0 unspecified atom stereocenters. The highest BCUT2D eigenvalue weighted by atomic mass is 19.4. The lowest BCUT2D eigenvalue weighted by Crippen LogP contribution is -2.17. The van der Waals surface area contributed by atoms with Gasteiger partial charge in [0.25, 0.3) is 0 Å². The summed E-state index contributed by atoms with van der Waals surface area (Å²) in [6.45, 7) is 3.06. The van der Waals surface area contributed by atoms with Crippen molar-refractivity contribution in [3.05, 3.63) is 47.4 Å². The Morgan fingerprint density at radius 1 is 1.17 bits per heavy atom. The summed E-state index contributed by atoms with van der Waals surface area (Å²) < 4.78 is 58.8. The number of carbonyl (C=O) groups is 2. The largest absolute Gasteiger partial charge is 0.573 e. The fourth-order valence-electron chi connectivity index (χ4n) is 2.42. The van der Waals surface area contributed by atoms with Gasteiger partial charge in [-0.15, -0.1) is 13.2 Å². The number of anilines is 1. The summed E-state index contributed by atoms with van der Waals surface area (Å²) in [5.74, 6) is -2.40. The number of halogens is 4. The second kappa shape index (κ2) is 9.35. The SMILES string of the molecule is CC(=O)Nc1cc(C(=O)CCCOc2ccc(OC(F)(F)F)c(F)c2)cc(C)n1. The van der Waals surface area contributed by atoms with Crippen LogP contribution in [0.25, 0.3) is 0 Å². The molecule has 0 saturated heterocycles. The van der Waals surface area contributed by atoms with Crippen LogP contribution in [0.5, 0.6) is 11.5 Å². The molecule has 156 valence electrons. The number of alkyl halides is 3. The zero-order valence-electron chi connectivity index (χ0n) is 15.6. The number of hydrogen-bond donors (Lipinski definition) is 1. The second-order valence-corrected chi connectivity index (χ2v) is 6.08. The van der Waals surface area contributed by atoms with E-state index in [1.807, 2.05) is 0 Å². The van der Waals surface area contributed by atoms with E-state index in [2.05, 4.69) is 15.0 Å². The highest BCUT2D eigenvalue weighted by molar-refractivity contribution is 5.97. The molecule has 0 bridgehead atoms. The van der Waals surface area contributed by atoms with Crippen LogP contribution in [0.1, 0.15) is 35.8 Å². The first kappa shape index (κ1) is 22.1. The van der Waals surface area contributed by atoms with Crippen molar-refractivity contribution in [1.29, 1.82) is 0 Å². The van der Waals surface area contributed by atoms with E-state index < -0.39 is 17.9 Å².